The van der Waals surface area contributed by atoms with E-state index in [4.69, 9.17) is 21.8 Å². The number of alkyl halides is 2. The lowest BCUT2D eigenvalue weighted by atomic mass is 10.2. The third-order valence-electron chi connectivity index (χ3n) is 2.32. The zero-order valence-corrected chi connectivity index (χ0v) is 13.2. The molecule has 0 fully saturated rings. The lowest BCUT2D eigenvalue weighted by Gasteiger charge is -2.12. The number of carboxylic acids is 1. The number of halogens is 4. The molecule has 0 saturated carbocycles. The highest BCUT2D eigenvalue weighted by molar-refractivity contribution is 9.10. The monoisotopic (exact) mass is 407 g/mol. The van der Waals surface area contributed by atoms with Crippen LogP contribution in [0.4, 0.5) is 8.78 Å². The molecule has 21 heavy (non-hydrogen) atoms. The van der Waals surface area contributed by atoms with Crippen LogP contribution in [0.2, 0.25) is 5.02 Å². The minimum atomic E-state index is -4.28. The molecule has 0 bridgehead atoms. The number of aliphatic hydroxyl groups is 1. The first-order chi connectivity index (χ1) is 9.56. The lowest BCUT2D eigenvalue weighted by molar-refractivity contribution is -0.000451. The van der Waals surface area contributed by atoms with Crippen LogP contribution in [0.15, 0.2) is 21.5 Å². The smallest absolute Gasteiger partial charge is 0.337 e. The largest absolute Gasteiger partial charge is 0.478 e. The van der Waals surface area contributed by atoms with E-state index in [1.54, 1.807) is 4.72 Å². The quantitative estimate of drug-likeness (QED) is 0.665. The molecule has 118 valence electrons. The summed E-state index contributed by atoms with van der Waals surface area (Å²) < 4.78 is 49.7. The molecule has 1 unspecified atom stereocenters. The predicted molar refractivity (Wildman–Crippen MR) is 73.3 cm³/mol. The first kappa shape index (κ1) is 18.2. The highest BCUT2D eigenvalue weighted by Crippen LogP contribution is 2.29. The van der Waals surface area contributed by atoms with Crippen LogP contribution in [0.5, 0.6) is 0 Å². The standard InChI is InChI=1S/C10H9BrClF2NO5S/c11-6-2-4(1-5(8(6)12)10(17)18)21(19,20)15-3-7(16)9(13)14/h1-2,7,9,15-16H,3H2,(H,17,18). The first-order valence-corrected chi connectivity index (χ1v) is 7.90. The summed E-state index contributed by atoms with van der Waals surface area (Å²) in [7, 11) is -4.28. The third kappa shape index (κ3) is 4.58. The maximum absolute atomic E-state index is 12.1. The highest BCUT2D eigenvalue weighted by Gasteiger charge is 2.24. The van der Waals surface area contributed by atoms with E-state index < -0.39 is 45.5 Å². The Balaban J connectivity index is 3.12. The fourth-order valence-electron chi connectivity index (χ4n) is 1.24. The number of hydrogen-bond acceptors (Lipinski definition) is 4. The Bertz CT molecular complexity index is 655. The third-order valence-corrected chi connectivity index (χ3v) is 4.98. The van der Waals surface area contributed by atoms with Gasteiger partial charge in [0, 0.05) is 11.0 Å². The van der Waals surface area contributed by atoms with Crippen molar-refractivity contribution in [2.75, 3.05) is 6.54 Å². The molecule has 1 aromatic carbocycles. The maximum atomic E-state index is 12.1. The Morgan fingerprint density at radius 3 is 2.48 bits per heavy atom. The SMILES string of the molecule is O=C(O)c1cc(S(=O)(=O)NCC(O)C(F)F)cc(Br)c1Cl. The molecule has 0 amide bonds. The van der Waals surface area contributed by atoms with Crippen LogP contribution in [0, 0.1) is 0 Å². The normalized spacial score (nSPS) is 13.4. The summed E-state index contributed by atoms with van der Waals surface area (Å²) in [6, 6.07) is 1.80. The summed E-state index contributed by atoms with van der Waals surface area (Å²) in [6.45, 7) is -0.914. The van der Waals surface area contributed by atoms with Gasteiger partial charge in [-0.05, 0) is 28.1 Å². The Morgan fingerprint density at radius 1 is 1.43 bits per heavy atom. The minimum absolute atomic E-state index is 0.0128. The van der Waals surface area contributed by atoms with Crippen LogP contribution in [-0.2, 0) is 10.0 Å². The van der Waals surface area contributed by atoms with E-state index in [9.17, 15) is 22.0 Å². The minimum Gasteiger partial charge on any atom is -0.478 e. The summed E-state index contributed by atoms with van der Waals surface area (Å²) in [5, 5.41) is 17.6. The van der Waals surface area contributed by atoms with Gasteiger partial charge in [0.2, 0.25) is 10.0 Å². The summed E-state index contributed by atoms with van der Waals surface area (Å²) in [5.41, 5.74) is -0.471. The maximum Gasteiger partial charge on any atom is 0.337 e. The molecule has 0 aromatic heterocycles. The number of nitrogens with one attached hydrogen (secondary N) is 1. The van der Waals surface area contributed by atoms with E-state index >= 15 is 0 Å². The van der Waals surface area contributed by atoms with E-state index in [0.29, 0.717) is 0 Å². The van der Waals surface area contributed by atoms with Crippen molar-refractivity contribution in [3.63, 3.8) is 0 Å². The van der Waals surface area contributed by atoms with Crippen molar-refractivity contribution in [1.82, 2.24) is 4.72 Å². The van der Waals surface area contributed by atoms with Gasteiger partial charge in [-0.1, -0.05) is 11.6 Å². The van der Waals surface area contributed by atoms with Crippen molar-refractivity contribution in [2.24, 2.45) is 0 Å². The van der Waals surface area contributed by atoms with E-state index in [1.165, 1.54) is 0 Å². The lowest BCUT2D eigenvalue weighted by Crippen LogP contribution is -2.35. The van der Waals surface area contributed by atoms with Gasteiger partial charge in [-0.25, -0.2) is 26.7 Å². The van der Waals surface area contributed by atoms with Crippen LogP contribution in [0.1, 0.15) is 10.4 Å². The summed E-state index contributed by atoms with van der Waals surface area (Å²) in [4.78, 5) is 10.5. The van der Waals surface area contributed by atoms with Gasteiger partial charge in [-0.3, -0.25) is 0 Å². The van der Waals surface area contributed by atoms with Crippen molar-refractivity contribution in [3.05, 3.63) is 27.2 Å². The molecule has 0 radical (unpaired) electrons. The van der Waals surface area contributed by atoms with Crippen LogP contribution < -0.4 is 4.72 Å². The molecular weight excluding hydrogens is 400 g/mol. The second kappa shape index (κ2) is 6.97. The van der Waals surface area contributed by atoms with Crippen molar-refractivity contribution < 1.29 is 32.2 Å². The van der Waals surface area contributed by atoms with Crippen LogP contribution in [0.25, 0.3) is 0 Å². The van der Waals surface area contributed by atoms with Gasteiger partial charge in [0.25, 0.3) is 6.43 Å². The van der Waals surface area contributed by atoms with Crippen LogP contribution >= 0.6 is 27.5 Å². The van der Waals surface area contributed by atoms with Gasteiger partial charge in [-0.15, -0.1) is 0 Å². The number of rotatable bonds is 6. The number of sulfonamides is 1. The molecule has 0 saturated heterocycles. The van der Waals surface area contributed by atoms with Crippen molar-refractivity contribution in [1.29, 1.82) is 0 Å². The summed E-state index contributed by atoms with van der Waals surface area (Å²) >= 11 is 8.60. The van der Waals surface area contributed by atoms with Gasteiger partial charge >= 0.3 is 5.97 Å². The molecule has 0 aliphatic heterocycles. The molecule has 0 heterocycles. The fraction of sp³-hybridized carbons (Fsp3) is 0.300. The van der Waals surface area contributed by atoms with E-state index in [1.807, 2.05) is 0 Å². The Morgan fingerprint density at radius 2 is 2.00 bits per heavy atom. The molecule has 6 nitrogen and oxygen atoms in total. The van der Waals surface area contributed by atoms with Crippen LogP contribution in [-0.4, -0.2) is 43.7 Å². The Labute approximate surface area is 131 Å². The van der Waals surface area contributed by atoms with Crippen LogP contribution in [0.3, 0.4) is 0 Å². The number of carbonyl (C=O) groups is 1. The number of aromatic carboxylic acids is 1. The fourth-order valence-corrected chi connectivity index (χ4v) is 3.15. The number of carboxylic acid groups (broad SMARTS) is 1. The van der Waals surface area contributed by atoms with Gasteiger partial charge in [0.1, 0.15) is 6.10 Å². The van der Waals surface area contributed by atoms with Crippen molar-refractivity contribution >= 4 is 43.5 Å². The van der Waals surface area contributed by atoms with Gasteiger partial charge in [0.05, 0.1) is 15.5 Å². The second-order valence-electron chi connectivity index (χ2n) is 3.83. The molecule has 0 aliphatic carbocycles. The number of hydrogen-bond donors (Lipinski definition) is 3. The molecule has 1 aromatic rings. The molecule has 0 spiro atoms. The molecule has 0 aliphatic rings. The average molecular weight is 409 g/mol. The average Bonchev–Trinajstić information content (AvgIpc) is 2.38. The highest BCUT2D eigenvalue weighted by atomic mass is 79.9. The Hall–Kier alpha value is -0.810. The zero-order chi connectivity index (χ0) is 16.4. The van der Waals surface area contributed by atoms with E-state index in [0.717, 1.165) is 12.1 Å². The van der Waals surface area contributed by atoms with Gasteiger partial charge in [-0.2, -0.15) is 0 Å². The van der Waals surface area contributed by atoms with E-state index in [2.05, 4.69) is 15.9 Å². The summed E-state index contributed by atoms with van der Waals surface area (Å²) in [6.07, 6.45) is -5.28. The number of aliphatic hydroxyl groups excluding tert-OH is 1. The molecular formula is C10H9BrClF2NO5S. The van der Waals surface area contributed by atoms with Gasteiger partial charge < -0.3 is 10.2 Å². The van der Waals surface area contributed by atoms with Crippen molar-refractivity contribution in [2.45, 2.75) is 17.4 Å². The molecule has 11 heteroatoms. The van der Waals surface area contributed by atoms with Gasteiger partial charge in [0.15, 0.2) is 0 Å². The first-order valence-electron chi connectivity index (χ1n) is 5.24. The Kier molecular flexibility index (Phi) is 6.05. The molecule has 1 atom stereocenters. The predicted octanol–water partition coefficient (Wildman–Crippen LogP) is 1.70. The van der Waals surface area contributed by atoms with E-state index in [-0.39, 0.29) is 9.50 Å². The number of benzene rings is 1. The topological polar surface area (TPSA) is 104 Å². The summed E-state index contributed by atoms with van der Waals surface area (Å²) in [5.74, 6) is -1.45. The molecule has 1 rings (SSSR count). The molecule has 3 N–H and O–H groups in total. The second-order valence-corrected chi connectivity index (χ2v) is 6.82. The van der Waals surface area contributed by atoms with Crippen molar-refractivity contribution in [3.8, 4) is 0 Å². The zero-order valence-electron chi connectivity index (χ0n) is 10.1.